The van der Waals surface area contributed by atoms with Gasteiger partial charge in [0.05, 0.1) is 10.0 Å². The van der Waals surface area contributed by atoms with Crippen LogP contribution in [0.3, 0.4) is 0 Å². The maximum absolute atomic E-state index is 6.01. The molecule has 1 aliphatic heterocycles. The first-order valence-electron chi connectivity index (χ1n) is 6.18. The van der Waals surface area contributed by atoms with Gasteiger partial charge in [-0.2, -0.15) is 0 Å². The lowest BCUT2D eigenvalue weighted by atomic mass is 10.2. The minimum absolute atomic E-state index is 0.549. The molecule has 2 aliphatic rings. The third-order valence-electron chi connectivity index (χ3n) is 3.57. The molecular formula is C13H16Cl2N2. The van der Waals surface area contributed by atoms with Gasteiger partial charge in [0.25, 0.3) is 0 Å². The van der Waals surface area contributed by atoms with Crippen molar-refractivity contribution in [2.45, 2.75) is 31.3 Å². The fourth-order valence-corrected chi connectivity index (χ4v) is 2.80. The van der Waals surface area contributed by atoms with Crippen LogP contribution in [0.25, 0.3) is 0 Å². The number of hydrogen-bond donors (Lipinski definition) is 1. The van der Waals surface area contributed by atoms with Gasteiger partial charge in [0, 0.05) is 30.9 Å². The lowest BCUT2D eigenvalue weighted by molar-refractivity contribution is 0.326. The van der Waals surface area contributed by atoms with Crippen molar-refractivity contribution in [1.82, 2.24) is 4.90 Å². The van der Waals surface area contributed by atoms with Crippen molar-refractivity contribution in [3.63, 3.8) is 0 Å². The van der Waals surface area contributed by atoms with Crippen molar-refractivity contribution in [3.05, 3.63) is 28.2 Å². The molecule has 0 amide bonds. The molecule has 1 heterocycles. The summed E-state index contributed by atoms with van der Waals surface area (Å²) in [5, 5.41) is 4.77. The van der Waals surface area contributed by atoms with E-state index in [1.165, 1.54) is 25.8 Å². The first-order valence-corrected chi connectivity index (χ1v) is 6.93. The lowest BCUT2D eigenvalue weighted by Gasteiger charge is -2.17. The smallest absolute Gasteiger partial charge is 0.0612 e. The summed E-state index contributed by atoms with van der Waals surface area (Å²) in [5.41, 5.74) is 1.07. The molecule has 1 aromatic rings. The molecule has 0 bridgehead atoms. The van der Waals surface area contributed by atoms with E-state index in [1.807, 2.05) is 18.2 Å². The maximum Gasteiger partial charge on any atom is 0.0612 e. The molecule has 2 fully saturated rings. The zero-order valence-corrected chi connectivity index (χ0v) is 11.1. The van der Waals surface area contributed by atoms with Crippen LogP contribution in [-0.2, 0) is 0 Å². The Labute approximate surface area is 112 Å². The molecule has 1 aromatic carbocycles. The third kappa shape index (κ3) is 2.70. The van der Waals surface area contributed by atoms with Crippen LogP contribution in [0.15, 0.2) is 18.2 Å². The minimum Gasteiger partial charge on any atom is -0.381 e. The van der Waals surface area contributed by atoms with Gasteiger partial charge in [-0.15, -0.1) is 0 Å². The van der Waals surface area contributed by atoms with Gasteiger partial charge in [-0.3, -0.25) is 4.90 Å². The van der Waals surface area contributed by atoms with E-state index in [1.54, 1.807) is 0 Å². The van der Waals surface area contributed by atoms with Crippen molar-refractivity contribution in [2.75, 3.05) is 18.4 Å². The largest absolute Gasteiger partial charge is 0.381 e. The van der Waals surface area contributed by atoms with Gasteiger partial charge in [-0.25, -0.2) is 0 Å². The number of nitrogens with one attached hydrogen (secondary N) is 1. The lowest BCUT2D eigenvalue weighted by Crippen LogP contribution is -2.27. The van der Waals surface area contributed by atoms with Crippen LogP contribution in [-0.4, -0.2) is 30.1 Å². The molecular weight excluding hydrogens is 255 g/mol. The van der Waals surface area contributed by atoms with Crippen LogP contribution < -0.4 is 5.32 Å². The molecule has 0 radical (unpaired) electrons. The zero-order valence-electron chi connectivity index (χ0n) is 9.63. The van der Waals surface area contributed by atoms with E-state index in [0.29, 0.717) is 16.1 Å². The molecule has 3 rings (SSSR count). The van der Waals surface area contributed by atoms with E-state index in [9.17, 15) is 0 Å². The highest BCUT2D eigenvalue weighted by molar-refractivity contribution is 6.42. The topological polar surface area (TPSA) is 15.3 Å². The summed E-state index contributed by atoms with van der Waals surface area (Å²) in [7, 11) is 0. The number of likely N-dealkylation sites (tertiary alicyclic amines) is 1. The molecule has 1 N–H and O–H groups in total. The highest BCUT2D eigenvalue weighted by Crippen LogP contribution is 2.31. The number of hydrogen-bond acceptors (Lipinski definition) is 2. The van der Waals surface area contributed by atoms with Crippen LogP contribution in [0.1, 0.15) is 19.3 Å². The molecule has 2 nitrogen and oxygen atoms in total. The van der Waals surface area contributed by atoms with E-state index in [0.717, 1.165) is 18.3 Å². The summed E-state index contributed by atoms with van der Waals surface area (Å²) in [6.45, 7) is 2.38. The van der Waals surface area contributed by atoms with Gasteiger partial charge < -0.3 is 5.32 Å². The fraction of sp³-hybridized carbons (Fsp3) is 0.538. The van der Waals surface area contributed by atoms with Crippen molar-refractivity contribution in [2.24, 2.45) is 0 Å². The molecule has 1 saturated carbocycles. The summed E-state index contributed by atoms with van der Waals surface area (Å²) in [4.78, 5) is 2.59. The highest BCUT2D eigenvalue weighted by Gasteiger charge is 2.34. The van der Waals surface area contributed by atoms with Crippen LogP contribution in [0.4, 0.5) is 5.69 Å². The Kier molecular flexibility index (Phi) is 3.20. The predicted molar refractivity (Wildman–Crippen MR) is 73.1 cm³/mol. The number of anilines is 1. The van der Waals surface area contributed by atoms with Gasteiger partial charge in [0.1, 0.15) is 0 Å². The fourth-order valence-electron chi connectivity index (χ4n) is 2.50. The van der Waals surface area contributed by atoms with E-state index >= 15 is 0 Å². The van der Waals surface area contributed by atoms with Gasteiger partial charge in [-0.1, -0.05) is 23.2 Å². The normalized spacial score (nSPS) is 25.2. The average molecular weight is 271 g/mol. The first kappa shape index (κ1) is 11.6. The van der Waals surface area contributed by atoms with Gasteiger partial charge in [0.15, 0.2) is 0 Å². The summed E-state index contributed by atoms with van der Waals surface area (Å²) in [6.07, 6.45) is 4.00. The Bertz CT molecular complexity index is 418. The van der Waals surface area contributed by atoms with Crippen molar-refractivity contribution in [3.8, 4) is 0 Å². The summed E-state index contributed by atoms with van der Waals surface area (Å²) in [5.74, 6) is 0. The van der Waals surface area contributed by atoms with Crippen molar-refractivity contribution < 1.29 is 0 Å². The highest BCUT2D eigenvalue weighted by atomic mass is 35.5. The Hall–Kier alpha value is -0.440. The standard InChI is InChI=1S/C13H16Cl2N2/c14-12-4-1-9(7-13(12)15)16-10-5-6-17(8-10)11-2-3-11/h1,4,7,10-11,16H,2-3,5-6,8H2. The van der Waals surface area contributed by atoms with Crippen LogP contribution in [0.5, 0.6) is 0 Å². The second kappa shape index (κ2) is 4.68. The van der Waals surface area contributed by atoms with Crippen molar-refractivity contribution in [1.29, 1.82) is 0 Å². The predicted octanol–water partition coefficient (Wildman–Crippen LogP) is 3.64. The number of rotatable bonds is 3. The van der Waals surface area contributed by atoms with Crippen molar-refractivity contribution >= 4 is 28.9 Å². The Morgan fingerprint density at radius 1 is 1.12 bits per heavy atom. The molecule has 0 aromatic heterocycles. The molecule has 1 atom stereocenters. The number of benzene rings is 1. The third-order valence-corrected chi connectivity index (χ3v) is 4.31. The maximum atomic E-state index is 6.01. The molecule has 0 spiro atoms. The molecule has 4 heteroatoms. The van der Waals surface area contributed by atoms with Gasteiger partial charge >= 0.3 is 0 Å². The first-order chi connectivity index (χ1) is 8.22. The minimum atomic E-state index is 0.549. The van der Waals surface area contributed by atoms with E-state index in [4.69, 9.17) is 23.2 Å². The summed E-state index contributed by atoms with van der Waals surface area (Å²) < 4.78 is 0. The monoisotopic (exact) mass is 270 g/mol. The molecule has 1 saturated heterocycles. The van der Waals surface area contributed by atoms with Crippen LogP contribution in [0, 0.1) is 0 Å². The Morgan fingerprint density at radius 3 is 2.65 bits per heavy atom. The average Bonchev–Trinajstić information content (AvgIpc) is 3.06. The Balaban J connectivity index is 1.61. The molecule has 1 aliphatic carbocycles. The Morgan fingerprint density at radius 2 is 1.94 bits per heavy atom. The molecule has 92 valence electrons. The quantitative estimate of drug-likeness (QED) is 0.902. The van der Waals surface area contributed by atoms with Gasteiger partial charge in [0.2, 0.25) is 0 Å². The van der Waals surface area contributed by atoms with Crippen LogP contribution >= 0.6 is 23.2 Å². The van der Waals surface area contributed by atoms with E-state index in [2.05, 4.69) is 10.2 Å². The SMILES string of the molecule is Clc1ccc(NC2CCN(C3CC3)C2)cc1Cl. The van der Waals surface area contributed by atoms with E-state index < -0.39 is 0 Å². The molecule has 1 unspecified atom stereocenters. The molecule has 17 heavy (non-hydrogen) atoms. The summed E-state index contributed by atoms with van der Waals surface area (Å²) in [6, 6.07) is 7.17. The number of halogens is 2. The second-order valence-electron chi connectivity index (χ2n) is 4.98. The number of nitrogens with zero attached hydrogens (tertiary/aromatic N) is 1. The second-order valence-corrected chi connectivity index (χ2v) is 5.80. The zero-order chi connectivity index (χ0) is 11.8. The summed E-state index contributed by atoms with van der Waals surface area (Å²) >= 11 is 11.9. The van der Waals surface area contributed by atoms with Crippen LogP contribution in [0.2, 0.25) is 10.0 Å². The van der Waals surface area contributed by atoms with Gasteiger partial charge in [-0.05, 0) is 37.5 Å². The van der Waals surface area contributed by atoms with E-state index in [-0.39, 0.29) is 0 Å².